The second-order valence-corrected chi connectivity index (χ2v) is 6.63. The molecule has 4 rings (SSSR count). The van der Waals surface area contributed by atoms with E-state index in [9.17, 15) is 9.18 Å². The summed E-state index contributed by atoms with van der Waals surface area (Å²) in [7, 11) is 0. The fourth-order valence-electron chi connectivity index (χ4n) is 2.70. The quantitative estimate of drug-likeness (QED) is 0.522. The van der Waals surface area contributed by atoms with Gasteiger partial charge in [-0.1, -0.05) is 43.3 Å². The molecular weight excluding hydrogens is 363 g/mol. The second kappa shape index (κ2) is 7.22. The lowest BCUT2D eigenvalue weighted by Crippen LogP contribution is -2.16. The van der Waals surface area contributed by atoms with Gasteiger partial charge in [0, 0.05) is 11.1 Å². The summed E-state index contributed by atoms with van der Waals surface area (Å²) in [5.41, 5.74) is 2.53. The van der Waals surface area contributed by atoms with Gasteiger partial charge < -0.3 is 8.94 Å². The molecule has 2 aromatic heterocycles. The van der Waals surface area contributed by atoms with Crippen molar-refractivity contribution in [2.24, 2.45) is 0 Å². The van der Waals surface area contributed by atoms with Crippen LogP contribution in [0.5, 0.6) is 0 Å². The zero-order valence-electron chi connectivity index (χ0n) is 15.3. The first-order chi connectivity index (χ1) is 13.5. The lowest BCUT2D eigenvalue weighted by atomic mass is 10.0. The van der Waals surface area contributed by atoms with E-state index in [0.717, 1.165) is 10.2 Å². The van der Waals surface area contributed by atoms with Gasteiger partial charge in [0.1, 0.15) is 12.4 Å². The molecule has 0 N–H and O–H groups in total. The molecule has 8 heteroatoms. The molecule has 0 aliphatic heterocycles. The molecule has 0 radical (unpaired) electrons. The van der Waals surface area contributed by atoms with E-state index in [1.54, 1.807) is 0 Å². The normalized spacial score (nSPS) is 11.3. The molecule has 0 spiro atoms. The van der Waals surface area contributed by atoms with E-state index in [-0.39, 0.29) is 24.1 Å². The number of hydrogen-bond donors (Lipinski definition) is 0. The van der Waals surface area contributed by atoms with Gasteiger partial charge in [0.2, 0.25) is 17.6 Å². The summed E-state index contributed by atoms with van der Waals surface area (Å²) in [5.74, 6) is 0.133. The van der Waals surface area contributed by atoms with Crippen LogP contribution in [0.2, 0.25) is 0 Å². The van der Waals surface area contributed by atoms with Crippen LogP contribution < -0.4 is 5.76 Å². The highest BCUT2D eigenvalue weighted by molar-refractivity contribution is 5.55. The average Bonchev–Trinajstić information content (AvgIpc) is 3.30. The van der Waals surface area contributed by atoms with Crippen molar-refractivity contribution in [2.75, 3.05) is 0 Å². The van der Waals surface area contributed by atoms with Crippen molar-refractivity contribution in [2.45, 2.75) is 26.3 Å². The van der Waals surface area contributed by atoms with Crippen LogP contribution in [0, 0.1) is 5.82 Å². The zero-order chi connectivity index (χ0) is 19.7. The minimum atomic E-state index is -0.666. The average molecular weight is 380 g/mol. The Kier molecular flexibility index (Phi) is 4.60. The number of hydrogen-bond acceptors (Lipinski definition) is 6. The predicted octanol–water partition coefficient (Wildman–Crippen LogP) is 3.86. The maximum Gasteiger partial charge on any atom is 0.437 e. The molecule has 7 nitrogen and oxygen atoms in total. The molecule has 0 aliphatic carbocycles. The molecule has 28 heavy (non-hydrogen) atoms. The first kappa shape index (κ1) is 17.8. The van der Waals surface area contributed by atoms with Gasteiger partial charge in [-0.15, -0.1) is 5.10 Å². The fraction of sp³-hybridized carbons (Fsp3) is 0.200. The smallest absolute Gasteiger partial charge is 0.388 e. The van der Waals surface area contributed by atoms with Crippen LogP contribution >= 0.6 is 0 Å². The highest BCUT2D eigenvalue weighted by Gasteiger charge is 2.15. The number of halogens is 1. The summed E-state index contributed by atoms with van der Waals surface area (Å²) in [6.45, 7) is 4.22. The molecule has 4 aromatic rings. The van der Waals surface area contributed by atoms with E-state index < -0.39 is 5.76 Å². The maximum atomic E-state index is 13.0. The van der Waals surface area contributed by atoms with E-state index in [1.807, 2.05) is 24.3 Å². The summed E-state index contributed by atoms with van der Waals surface area (Å²) in [6, 6.07) is 13.4. The molecule has 0 aliphatic rings. The van der Waals surface area contributed by atoms with Crippen LogP contribution in [0.25, 0.3) is 22.8 Å². The standard InChI is InChI=1S/C20H17FN4O3/c1-12(2)13-3-5-14(6-4-13)18-22-17(28-24-18)11-25-20(26)27-19(23-25)15-7-9-16(21)10-8-15/h3-10,12H,11H2,1-2H3. The Balaban J connectivity index is 1.54. The first-order valence-corrected chi connectivity index (χ1v) is 8.76. The molecule has 0 fully saturated rings. The third-order valence-corrected chi connectivity index (χ3v) is 4.29. The van der Waals surface area contributed by atoms with Crippen molar-refractivity contribution in [3.63, 3.8) is 0 Å². The number of aromatic nitrogens is 4. The summed E-state index contributed by atoms with van der Waals surface area (Å²) >= 11 is 0. The zero-order valence-corrected chi connectivity index (χ0v) is 15.3. The van der Waals surface area contributed by atoms with Gasteiger partial charge in [0.15, 0.2) is 0 Å². The Morgan fingerprint density at radius 1 is 1.04 bits per heavy atom. The van der Waals surface area contributed by atoms with Crippen LogP contribution in [0.1, 0.15) is 31.2 Å². The first-order valence-electron chi connectivity index (χ1n) is 8.76. The van der Waals surface area contributed by atoms with Crippen molar-refractivity contribution >= 4 is 0 Å². The Morgan fingerprint density at radius 3 is 2.39 bits per heavy atom. The molecule has 2 aromatic carbocycles. The van der Waals surface area contributed by atoms with Crippen molar-refractivity contribution in [1.82, 2.24) is 19.9 Å². The largest absolute Gasteiger partial charge is 0.437 e. The lowest BCUT2D eigenvalue weighted by Gasteiger charge is -2.04. The van der Waals surface area contributed by atoms with E-state index in [4.69, 9.17) is 8.94 Å². The minimum absolute atomic E-state index is 0.0272. The van der Waals surface area contributed by atoms with E-state index >= 15 is 0 Å². The Hall–Kier alpha value is -3.55. The summed E-state index contributed by atoms with van der Waals surface area (Å²) in [5, 5.41) is 8.07. The molecule has 0 saturated carbocycles. The Labute approximate surface area is 159 Å². The molecular formula is C20H17FN4O3. The van der Waals surface area contributed by atoms with E-state index in [1.165, 1.54) is 29.8 Å². The van der Waals surface area contributed by atoms with Gasteiger partial charge in [-0.05, 0) is 35.7 Å². The minimum Gasteiger partial charge on any atom is -0.388 e. The van der Waals surface area contributed by atoms with E-state index in [2.05, 4.69) is 29.1 Å². The summed E-state index contributed by atoms with van der Waals surface area (Å²) < 4.78 is 24.5. The van der Waals surface area contributed by atoms with Crippen LogP contribution in [0.4, 0.5) is 4.39 Å². The van der Waals surface area contributed by atoms with Gasteiger partial charge in [-0.2, -0.15) is 9.67 Å². The summed E-state index contributed by atoms with van der Waals surface area (Å²) in [6.07, 6.45) is 0. The fourth-order valence-corrected chi connectivity index (χ4v) is 2.70. The molecule has 2 heterocycles. The lowest BCUT2D eigenvalue weighted by molar-refractivity contribution is 0.360. The highest BCUT2D eigenvalue weighted by Crippen LogP contribution is 2.21. The van der Waals surface area contributed by atoms with Gasteiger partial charge in [-0.3, -0.25) is 0 Å². The van der Waals surface area contributed by atoms with Gasteiger partial charge in [0.05, 0.1) is 0 Å². The van der Waals surface area contributed by atoms with Gasteiger partial charge in [0.25, 0.3) is 0 Å². The molecule has 142 valence electrons. The predicted molar refractivity (Wildman–Crippen MR) is 99.1 cm³/mol. The Morgan fingerprint density at radius 2 is 1.71 bits per heavy atom. The van der Waals surface area contributed by atoms with Crippen molar-refractivity contribution in [3.8, 4) is 22.8 Å². The Bertz CT molecular complexity index is 1140. The van der Waals surface area contributed by atoms with Crippen LogP contribution in [-0.4, -0.2) is 19.9 Å². The number of nitrogens with zero attached hydrogens (tertiary/aromatic N) is 4. The molecule has 0 amide bonds. The molecule has 0 unspecified atom stereocenters. The SMILES string of the molecule is CC(C)c1ccc(-c2noc(Cn3nc(-c4ccc(F)cc4)oc3=O)n2)cc1. The number of rotatable bonds is 5. The van der Waals surface area contributed by atoms with Crippen LogP contribution in [0.15, 0.2) is 62.3 Å². The maximum absolute atomic E-state index is 13.0. The van der Waals surface area contributed by atoms with E-state index in [0.29, 0.717) is 17.3 Å². The third kappa shape index (κ3) is 3.62. The topological polar surface area (TPSA) is 87.0 Å². The molecule has 0 saturated heterocycles. The monoisotopic (exact) mass is 380 g/mol. The molecule has 0 atom stereocenters. The summed E-state index contributed by atoms with van der Waals surface area (Å²) in [4.78, 5) is 16.3. The highest BCUT2D eigenvalue weighted by atomic mass is 19.1. The third-order valence-electron chi connectivity index (χ3n) is 4.29. The van der Waals surface area contributed by atoms with Gasteiger partial charge >= 0.3 is 5.76 Å². The van der Waals surface area contributed by atoms with Crippen LogP contribution in [0.3, 0.4) is 0 Å². The van der Waals surface area contributed by atoms with Crippen molar-refractivity contribution in [3.05, 3.63) is 76.4 Å². The van der Waals surface area contributed by atoms with Crippen molar-refractivity contribution < 1.29 is 13.3 Å². The van der Waals surface area contributed by atoms with Crippen molar-refractivity contribution in [1.29, 1.82) is 0 Å². The van der Waals surface area contributed by atoms with Gasteiger partial charge in [-0.25, -0.2) is 9.18 Å². The number of benzene rings is 2. The van der Waals surface area contributed by atoms with Crippen LogP contribution in [-0.2, 0) is 6.54 Å². The second-order valence-electron chi connectivity index (χ2n) is 6.63. The molecule has 0 bridgehead atoms.